The fourth-order valence-electron chi connectivity index (χ4n) is 4.79. The van der Waals surface area contributed by atoms with E-state index in [1.54, 1.807) is 9.20 Å². The van der Waals surface area contributed by atoms with Gasteiger partial charge in [-0.2, -0.15) is 14.3 Å². The van der Waals surface area contributed by atoms with Gasteiger partial charge in [-0.05, 0) is 56.2 Å². The quantitative estimate of drug-likeness (QED) is 0.404. The van der Waals surface area contributed by atoms with E-state index in [9.17, 15) is 4.79 Å². The van der Waals surface area contributed by atoms with Crippen LogP contribution in [0.5, 0.6) is 5.75 Å². The summed E-state index contributed by atoms with van der Waals surface area (Å²) in [5.41, 5.74) is 5.79. The topological polar surface area (TPSA) is 99.2 Å². The highest BCUT2D eigenvalue weighted by atomic mass is 16.5. The lowest BCUT2D eigenvalue weighted by atomic mass is 9.86. The first kappa shape index (κ1) is 22.0. The number of aryl methyl sites for hydroxylation is 3. The van der Waals surface area contributed by atoms with Gasteiger partial charge in [0.1, 0.15) is 18.2 Å². The largest absolute Gasteiger partial charge is 0.489 e. The second-order valence-electron chi connectivity index (χ2n) is 9.12. The first-order valence-electron chi connectivity index (χ1n) is 11.8. The number of ether oxygens (including phenoxy) is 1. The van der Waals surface area contributed by atoms with E-state index in [0.29, 0.717) is 36.1 Å². The molecule has 36 heavy (non-hydrogen) atoms. The van der Waals surface area contributed by atoms with Crippen molar-refractivity contribution >= 4 is 17.4 Å². The molecule has 1 amide bonds. The molecule has 0 spiro atoms. The second kappa shape index (κ2) is 8.60. The molecule has 1 N–H and O–H groups in total. The third kappa shape index (κ3) is 3.88. The molecule has 0 fully saturated rings. The first-order chi connectivity index (χ1) is 17.5. The summed E-state index contributed by atoms with van der Waals surface area (Å²) in [4.78, 5) is 12.8. The number of carbonyl (C=O) groups is 1. The molecule has 0 saturated heterocycles. The van der Waals surface area contributed by atoms with E-state index in [1.807, 2.05) is 56.3 Å². The average molecular weight is 480 g/mol. The molecule has 1 atom stereocenters. The van der Waals surface area contributed by atoms with Gasteiger partial charge in [0.2, 0.25) is 5.91 Å². The Balaban J connectivity index is 1.35. The lowest BCUT2D eigenvalue weighted by molar-refractivity contribution is -0.116. The normalized spacial score (nSPS) is 15.1. The Bertz CT molecular complexity index is 1620. The van der Waals surface area contributed by atoms with Crippen LogP contribution in [-0.4, -0.2) is 35.5 Å². The van der Waals surface area contributed by atoms with E-state index in [1.165, 1.54) is 5.56 Å². The minimum atomic E-state index is -0.148. The zero-order chi connectivity index (χ0) is 24.8. The molecule has 0 aliphatic carbocycles. The smallest absolute Gasteiger partial charge is 0.226 e. The number of nitrogens with zero attached hydrogens (tertiary/aromatic N) is 6. The van der Waals surface area contributed by atoms with Gasteiger partial charge in [-0.25, -0.2) is 0 Å². The number of fused-ring (bicyclic) bond motifs is 2. The standard InChI is InChI=1S/C27H25N7O2/c1-16-6-4-7-19(12-16)15-36-21-9-5-8-20(13-21)22-14-25(35)28-27-26(22)17(2)31-34(27)24-11-10-23-30-29-18(3)33(23)32-24/h4-13,22H,14-15H2,1-3H3,(H,28,35). The molecule has 1 unspecified atom stereocenters. The molecule has 0 bridgehead atoms. The number of rotatable bonds is 5. The van der Waals surface area contributed by atoms with Crippen LogP contribution in [0, 0.1) is 20.8 Å². The van der Waals surface area contributed by atoms with Crippen LogP contribution in [0.4, 0.5) is 5.82 Å². The molecular formula is C27H25N7O2. The van der Waals surface area contributed by atoms with Crippen molar-refractivity contribution in [2.45, 2.75) is 39.7 Å². The van der Waals surface area contributed by atoms with Gasteiger partial charge in [-0.1, -0.05) is 42.0 Å². The molecule has 9 heteroatoms. The summed E-state index contributed by atoms with van der Waals surface area (Å²) in [5, 5.41) is 20.6. The Labute approximate surface area is 207 Å². The first-order valence-corrected chi connectivity index (χ1v) is 11.8. The van der Waals surface area contributed by atoms with Gasteiger partial charge in [0.25, 0.3) is 0 Å². The van der Waals surface area contributed by atoms with E-state index >= 15 is 0 Å². The van der Waals surface area contributed by atoms with Crippen molar-refractivity contribution < 1.29 is 9.53 Å². The van der Waals surface area contributed by atoms with Crippen molar-refractivity contribution in [1.82, 2.24) is 29.6 Å². The van der Waals surface area contributed by atoms with E-state index in [2.05, 4.69) is 45.7 Å². The summed E-state index contributed by atoms with van der Waals surface area (Å²) >= 11 is 0. The SMILES string of the molecule is Cc1cccc(COc2cccc(C3CC(=O)Nc4c3c(C)nn4-c3ccc4nnc(C)n4n3)c2)c1. The van der Waals surface area contributed by atoms with E-state index in [-0.39, 0.29) is 11.8 Å². The third-order valence-electron chi connectivity index (χ3n) is 6.47. The highest BCUT2D eigenvalue weighted by molar-refractivity contribution is 5.95. The van der Waals surface area contributed by atoms with Crippen molar-refractivity contribution in [3.63, 3.8) is 0 Å². The molecule has 0 radical (unpaired) electrons. The van der Waals surface area contributed by atoms with Crippen molar-refractivity contribution in [2.24, 2.45) is 0 Å². The number of aromatic nitrogens is 6. The number of anilines is 1. The van der Waals surface area contributed by atoms with Crippen LogP contribution in [0.15, 0.2) is 60.7 Å². The summed E-state index contributed by atoms with van der Waals surface area (Å²) in [6.07, 6.45) is 0.331. The monoisotopic (exact) mass is 479 g/mol. The number of hydrogen-bond donors (Lipinski definition) is 1. The van der Waals surface area contributed by atoms with Crippen LogP contribution in [0.25, 0.3) is 11.5 Å². The van der Waals surface area contributed by atoms with Gasteiger partial charge >= 0.3 is 0 Å². The molecule has 1 aliphatic rings. The van der Waals surface area contributed by atoms with Crippen LogP contribution < -0.4 is 10.1 Å². The lowest BCUT2D eigenvalue weighted by Gasteiger charge is -2.24. The van der Waals surface area contributed by atoms with E-state index in [4.69, 9.17) is 9.84 Å². The fraction of sp³-hybridized carbons (Fsp3) is 0.222. The maximum atomic E-state index is 12.8. The Hall–Kier alpha value is -4.53. The minimum Gasteiger partial charge on any atom is -0.489 e. The molecule has 1 aliphatic heterocycles. The molecule has 9 nitrogen and oxygen atoms in total. The summed E-state index contributed by atoms with van der Waals surface area (Å²) in [7, 11) is 0. The molecule has 5 aromatic rings. The van der Waals surface area contributed by atoms with Crippen LogP contribution in [-0.2, 0) is 11.4 Å². The molecule has 180 valence electrons. The number of amides is 1. The Morgan fingerprint density at radius 3 is 2.72 bits per heavy atom. The van der Waals surface area contributed by atoms with E-state index in [0.717, 1.165) is 28.1 Å². The van der Waals surface area contributed by atoms with Gasteiger partial charge < -0.3 is 10.1 Å². The van der Waals surface area contributed by atoms with Crippen LogP contribution in [0.2, 0.25) is 0 Å². The molecule has 2 aromatic carbocycles. The van der Waals surface area contributed by atoms with Crippen LogP contribution >= 0.6 is 0 Å². The average Bonchev–Trinajstić information content (AvgIpc) is 3.41. The third-order valence-corrected chi connectivity index (χ3v) is 6.47. The van der Waals surface area contributed by atoms with Gasteiger partial charge in [0.05, 0.1) is 5.69 Å². The van der Waals surface area contributed by atoms with Crippen molar-refractivity contribution in [3.05, 3.63) is 94.4 Å². The maximum absolute atomic E-state index is 12.8. The highest BCUT2D eigenvalue weighted by Crippen LogP contribution is 2.40. The van der Waals surface area contributed by atoms with Gasteiger partial charge in [-0.3, -0.25) is 4.79 Å². The zero-order valence-electron chi connectivity index (χ0n) is 20.3. The summed E-state index contributed by atoms with van der Waals surface area (Å²) in [6, 6.07) is 19.9. The molecule has 0 saturated carbocycles. The lowest BCUT2D eigenvalue weighted by Crippen LogP contribution is -2.25. The fourth-order valence-corrected chi connectivity index (χ4v) is 4.79. The molecular weight excluding hydrogens is 454 g/mol. The van der Waals surface area contributed by atoms with Gasteiger partial charge in [-0.15, -0.1) is 15.3 Å². The van der Waals surface area contributed by atoms with E-state index < -0.39 is 0 Å². The van der Waals surface area contributed by atoms with Crippen molar-refractivity contribution in [2.75, 3.05) is 5.32 Å². The van der Waals surface area contributed by atoms with Crippen molar-refractivity contribution in [3.8, 4) is 11.6 Å². The zero-order valence-corrected chi connectivity index (χ0v) is 20.3. The Morgan fingerprint density at radius 2 is 1.86 bits per heavy atom. The number of nitrogens with one attached hydrogen (secondary N) is 1. The molecule has 6 rings (SSSR count). The van der Waals surface area contributed by atoms with Gasteiger partial charge in [0, 0.05) is 17.9 Å². The molecule has 3 aromatic heterocycles. The maximum Gasteiger partial charge on any atom is 0.226 e. The molecule has 4 heterocycles. The summed E-state index contributed by atoms with van der Waals surface area (Å²) < 4.78 is 9.45. The van der Waals surface area contributed by atoms with Crippen LogP contribution in [0.3, 0.4) is 0 Å². The Kier molecular flexibility index (Phi) is 5.25. The van der Waals surface area contributed by atoms with Crippen LogP contribution in [0.1, 0.15) is 46.1 Å². The van der Waals surface area contributed by atoms with Crippen molar-refractivity contribution in [1.29, 1.82) is 0 Å². The van der Waals surface area contributed by atoms with Gasteiger partial charge in [0.15, 0.2) is 17.3 Å². The number of hydrogen-bond acceptors (Lipinski definition) is 6. The minimum absolute atomic E-state index is 0.0683. The highest BCUT2D eigenvalue weighted by Gasteiger charge is 2.33. The predicted molar refractivity (Wildman–Crippen MR) is 134 cm³/mol. The Morgan fingerprint density at radius 1 is 1.00 bits per heavy atom. The number of benzene rings is 2. The summed E-state index contributed by atoms with van der Waals surface area (Å²) in [5.74, 6) is 2.44. The number of carbonyl (C=O) groups excluding carboxylic acids is 1. The second-order valence-corrected chi connectivity index (χ2v) is 9.12. The summed E-state index contributed by atoms with van der Waals surface area (Å²) in [6.45, 7) is 6.35. The predicted octanol–water partition coefficient (Wildman–Crippen LogP) is 4.29.